The van der Waals surface area contributed by atoms with Crippen LogP contribution < -0.4 is 5.32 Å². The summed E-state index contributed by atoms with van der Waals surface area (Å²) in [5, 5.41) is 12.1. The lowest BCUT2D eigenvalue weighted by Gasteiger charge is -2.23. The monoisotopic (exact) mass is 216 g/mol. The number of ether oxygens (including phenoxy) is 1. The maximum atomic E-state index is 8.78. The number of hydrogen-bond acceptors (Lipinski definition) is 3. The van der Waals surface area contributed by atoms with Gasteiger partial charge in [0.1, 0.15) is 0 Å². The number of benzene rings is 1. The summed E-state index contributed by atoms with van der Waals surface area (Å²) in [6.45, 7) is 2.64. The minimum atomic E-state index is 0.319. The molecule has 1 aromatic rings. The zero-order valence-electron chi connectivity index (χ0n) is 9.28. The Morgan fingerprint density at radius 3 is 3.19 bits per heavy atom. The molecule has 0 radical (unpaired) electrons. The normalized spacial score (nSPS) is 20.3. The highest BCUT2D eigenvalue weighted by atomic mass is 16.5. The smallest absolute Gasteiger partial charge is 0.0991 e. The second-order valence-corrected chi connectivity index (χ2v) is 4.09. The summed E-state index contributed by atoms with van der Waals surface area (Å²) < 4.78 is 5.80. The molecule has 1 N–H and O–H groups in total. The standard InChI is InChI=1S/C13H16N2O/c14-8-11-3-1-4-12(7-11)10-16-13-5-2-6-15-9-13/h1,3-4,7,13,15H,2,5-6,9-10H2/t13-/m1/s1. The van der Waals surface area contributed by atoms with E-state index in [4.69, 9.17) is 10.00 Å². The van der Waals surface area contributed by atoms with Crippen molar-refractivity contribution >= 4 is 0 Å². The molecule has 1 fully saturated rings. The Balaban J connectivity index is 1.86. The zero-order chi connectivity index (χ0) is 11.2. The highest BCUT2D eigenvalue weighted by molar-refractivity contribution is 5.32. The average molecular weight is 216 g/mol. The third kappa shape index (κ3) is 3.06. The van der Waals surface area contributed by atoms with Gasteiger partial charge >= 0.3 is 0 Å². The van der Waals surface area contributed by atoms with Crippen molar-refractivity contribution < 1.29 is 4.74 Å². The van der Waals surface area contributed by atoms with E-state index in [1.165, 1.54) is 6.42 Å². The fraction of sp³-hybridized carbons (Fsp3) is 0.462. The van der Waals surface area contributed by atoms with Gasteiger partial charge in [0.25, 0.3) is 0 Å². The number of rotatable bonds is 3. The zero-order valence-corrected chi connectivity index (χ0v) is 9.28. The second-order valence-electron chi connectivity index (χ2n) is 4.09. The van der Waals surface area contributed by atoms with Crippen LogP contribution in [0.3, 0.4) is 0 Å². The Morgan fingerprint density at radius 1 is 1.50 bits per heavy atom. The quantitative estimate of drug-likeness (QED) is 0.838. The number of nitrogens with one attached hydrogen (secondary N) is 1. The highest BCUT2D eigenvalue weighted by Crippen LogP contribution is 2.11. The molecule has 0 aromatic heterocycles. The van der Waals surface area contributed by atoms with Crippen LogP contribution in [-0.2, 0) is 11.3 Å². The summed E-state index contributed by atoms with van der Waals surface area (Å²) in [5.41, 5.74) is 1.77. The molecule has 0 aliphatic carbocycles. The van der Waals surface area contributed by atoms with Crippen molar-refractivity contribution in [3.8, 4) is 6.07 Å². The second kappa shape index (κ2) is 5.64. The Kier molecular flexibility index (Phi) is 3.92. The lowest BCUT2D eigenvalue weighted by molar-refractivity contribution is 0.0253. The van der Waals surface area contributed by atoms with Crippen molar-refractivity contribution in [1.29, 1.82) is 5.26 Å². The maximum Gasteiger partial charge on any atom is 0.0991 e. The molecule has 16 heavy (non-hydrogen) atoms. The van der Waals surface area contributed by atoms with Gasteiger partial charge < -0.3 is 10.1 Å². The Bertz CT molecular complexity index is 378. The predicted molar refractivity (Wildman–Crippen MR) is 61.8 cm³/mol. The van der Waals surface area contributed by atoms with Gasteiger partial charge in [0.15, 0.2) is 0 Å². The lowest BCUT2D eigenvalue weighted by Crippen LogP contribution is -2.35. The van der Waals surface area contributed by atoms with Crippen molar-refractivity contribution in [2.24, 2.45) is 0 Å². The Labute approximate surface area is 96.0 Å². The van der Waals surface area contributed by atoms with Gasteiger partial charge in [-0.15, -0.1) is 0 Å². The van der Waals surface area contributed by atoms with Crippen molar-refractivity contribution in [2.45, 2.75) is 25.6 Å². The summed E-state index contributed by atoms with van der Waals surface area (Å²) in [6.07, 6.45) is 2.63. The van der Waals surface area contributed by atoms with Crippen molar-refractivity contribution in [3.05, 3.63) is 35.4 Å². The number of hydrogen-bond donors (Lipinski definition) is 1. The molecule has 0 amide bonds. The van der Waals surface area contributed by atoms with Gasteiger partial charge in [0, 0.05) is 6.54 Å². The van der Waals surface area contributed by atoms with Crippen LogP contribution in [0.25, 0.3) is 0 Å². The fourth-order valence-electron chi connectivity index (χ4n) is 1.91. The Morgan fingerprint density at radius 2 is 2.44 bits per heavy atom. The van der Waals surface area contributed by atoms with Crippen LogP contribution in [0.4, 0.5) is 0 Å². The van der Waals surface area contributed by atoms with Crippen LogP contribution in [0.1, 0.15) is 24.0 Å². The van der Waals surface area contributed by atoms with Crippen molar-refractivity contribution in [2.75, 3.05) is 13.1 Å². The van der Waals surface area contributed by atoms with Crippen LogP contribution in [0.15, 0.2) is 24.3 Å². The molecule has 0 spiro atoms. The van der Waals surface area contributed by atoms with Gasteiger partial charge in [-0.2, -0.15) is 5.26 Å². The van der Waals surface area contributed by atoms with Crippen molar-refractivity contribution in [3.63, 3.8) is 0 Å². The number of piperidine rings is 1. The molecule has 1 atom stereocenters. The van der Waals surface area contributed by atoms with Gasteiger partial charge in [-0.25, -0.2) is 0 Å². The summed E-state index contributed by atoms with van der Waals surface area (Å²) in [6, 6.07) is 9.73. The van der Waals surface area contributed by atoms with E-state index in [9.17, 15) is 0 Å². The van der Waals surface area contributed by atoms with Crippen LogP contribution >= 0.6 is 0 Å². The van der Waals surface area contributed by atoms with Crippen LogP contribution in [0.2, 0.25) is 0 Å². The van der Waals surface area contributed by atoms with E-state index in [0.717, 1.165) is 25.1 Å². The molecule has 84 valence electrons. The van der Waals surface area contributed by atoms with E-state index in [0.29, 0.717) is 18.3 Å². The van der Waals surface area contributed by atoms with Gasteiger partial charge in [-0.1, -0.05) is 12.1 Å². The fourth-order valence-corrected chi connectivity index (χ4v) is 1.91. The SMILES string of the molecule is N#Cc1cccc(CO[C@@H]2CCCNC2)c1. The first-order chi connectivity index (χ1) is 7.88. The minimum absolute atomic E-state index is 0.319. The molecule has 1 aromatic carbocycles. The largest absolute Gasteiger partial charge is 0.372 e. The molecule has 3 heteroatoms. The van der Waals surface area contributed by atoms with Crippen LogP contribution in [-0.4, -0.2) is 19.2 Å². The van der Waals surface area contributed by atoms with E-state index in [2.05, 4.69) is 11.4 Å². The first-order valence-corrected chi connectivity index (χ1v) is 5.70. The molecule has 0 unspecified atom stereocenters. The molecule has 0 saturated carbocycles. The van der Waals surface area contributed by atoms with Gasteiger partial charge in [0.2, 0.25) is 0 Å². The molecule has 1 aliphatic heterocycles. The average Bonchev–Trinajstić information content (AvgIpc) is 2.38. The summed E-state index contributed by atoms with van der Waals surface area (Å²) in [7, 11) is 0. The van der Waals surface area contributed by atoms with Gasteiger partial charge in [-0.3, -0.25) is 0 Å². The van der Waals surface area contributed by atoms with E-state index in [1.54, 1.807) is 0 Å². The first-order valence-electron chi connectivity index (χ1n) is 5.70. The maximum absolute atomic E-state index is 8.78. The van der Waals surface area contributed by atoms with E-state index in [-0.39, 0.29) is 0 Å². The van der Waals surface area contributed by atoms with Gasteiger partial charge in [0.05, 0.1) is 24.3 Å². The number of nitriles is 1. The highest BCUT2D eigenvalue weighted by Gasteiger charge is 2.12. The summed E-state index contributed by atoms with van der Waals surface area (Å²) in [5.74, 6) is 0. The predicted octanol–water partition coefficient (Wildman–Crippen LogP) is 1.83. The van der Waals surface area contributed by atoms with Crippen LogP contribution in [0.5, 0.6) is 0 Å². The minimum Gasteiger partial charge on any atom is -0.372 e. The van der Waals surface area contributed by atoms with Crippen LogP contribution in [0, 0.1) is 11.3 Å². The number of nitrogens with zero attached hydrogens (tertiary/aromatic N) is 1. The summed E-state index contributed by atoms with van der Waals surface area (Å²) in [4.78, 5) is 0. The first kappa shape index (κ1) is 11.1. The summed E-state index contributed by atoms with van der Waals surface area (Å²) >= 11 is 0. The molecule has 1 saturated heterocycles. The topological polar surface area (TPSA) is 45.0 Å². The molecular formula is C13H16N2O. The molecular weight excluding hydrogens is 200 g/mol. The van der Waals surface area contributed by atoms with Crippen molar-refractivity contribution in [1.82, 2.24) is 5.32 Å². The molecule has 1 aliphatic rings. The van der Waals surface area contributed by atoms with Gasteiger partial charge in [-0.05, 0) is 37.1 Å². The third-order valence-corrected chi connectivity index (χ3v) is 2.79. The van der Waals surface area contributed by atoms with E-state index >= 15 is 0 Å². The lowest BCUT2D eigenvalue weighted by atomic mass is 10.1. The molecule has 2 rings (SSSR count). The Hall–Kier alpha value is -1.37. The molecule has 0 bridgehead atoms. The van der Waals surface area contributed by atoms with E-state index < -0.39 is 0 Å². The molecule has 1 heterocycles. The molecule has 3 nitrogen and oxygen atoms in total. The third-order valence-electron chi connectivity index (χ3n) is 2.79. The van der Waals surface area contributed by atoms with E-state index in [1.807, 2.05) is 24.3 Å².